The molecule has 0 saturated carbocycles. The Morgan fingerprint density at radius 1 is 1.00 bits per heavy atom. The lowest BCUT2D eigenvalue weighted by molar-refractivity contribution is -0.181. The highest BCUT2D eigenvalue weighted by Gasteiger charge is 2.64. The zero-order valence-corrected chi connectivity index (χ0v) is 18.9. The van der Waals surface area contributed by atoms with Gasteiger partial charge < -0.3 is 14.6 Å². The maximum Gasteiger partial charge on any atom is 0.252 e. The number of hydrogen-bond acceptors (Lipinski definition) is 7. The molecule has 3 fully saturated rings. The zero-order chi connectivity index (χ0) is 23.2. The van der Waals surface area contributed by atoms with Gasteiger partial charge >= 0.3 is 0 Å². The molecule has 2 aromatic carbocycles. The summed E-state index contributed by atoms with van der Waals surface area (Å²) in [5.74, 6) is 1.15. The first-order chi connectivity index (χ1) is 15.9. The molecule has 2 unspecified atom stereocenters. The maximum absolute atomic E-state index is 13.7. The standard InChI is InChI=1S/C25H29N3O5/c1-32-20-9-7-17(8-10-20)12-27-23(30)21-11-19(29)14-28(21)25(24(27)31)15-26(16-25)13-18-5-3-4-6-22(18)33-2/h3-10,19,21,29H,11-16H2,1-2H3. The molecule has 33 heavy (non-hydrogen) atoms. The van der Waals surface area contributed by atoms with E-state index in [0.717, 1.165) is 22.6 Å². The molecular formula is C25H29N3O5. The Morgan fingerprint density at radius 2 is 1.73 bits per heavy atom. The van der Waals surface area contributed by atoms with Crippen LogP contribution in [0.2, 0.25) is 0 Å². The minimum atomic E-state index is -0.787. The fourth-order valence-corrected chi connectivity index (χ4v) is 5.43. The molecule has 8 heteroatoms. The molecule has 0 aromatic heterocycles. The Balaban J connectivity index is 1.38. The van der Waals surface area contributed by atoms with Gasteiger partial charge in [0.15, 0.2) is 0 Å². The number of β-amino-alcohol motifs (C(OH)–C–C–N with tert-alkyl or cyclic N) is 1. The van der Waals surface area contributed by atoms with Crippen LogP contribution in [-0.4, -0.2) is 83.2 Å². The Bertz CT molecular complexity index is 1050. The summed E-state index contributed by atoms with van der Waals surface area (Å²) in [7, 11) is 3.25. The highest BCUT2D eigenvalue weighted by atomic mass is 16.5. The summed E-state index contributed by atoms with van der Waals surface area (Å²) in [4.78, 5) is 32.5. The van der Waals surface area contributed by atoms with Gasteiger partial charge in [-0.25, -0.2) is 0 Å². The summed E-state index contributed by atoms with van der Waals surface area (Å²) in [6, 6.07) is 14.8. The first kappa shape index (κ1) is 21.9. The third kappa shape index (κ3) is 3.68. The molecule has 2 atom stereocenters. The van der Waals surface area contributed by atoms with Crippen LogP contribution in [0.15, 0.2) is 48.5 Å². The van der Waals surface area contributed by atoms with E-state index in [2.05, 4.69) is 4.90 Å². The predicted molar refractivity (Wildman–Crippen MR) is 121 cm³/mol. The number of aliphatic hydroxyl groups excluding tert-OH is 1. The Hall–Kier alpha value is -2.94. The second-order valence-electron chi connectivity index (χ2n) is 9.12. The van der Waals surface area contributed by atoms with Crippen molar-refractivity contribution in [3.8, 4) is 11.5 Å². The molecule has 3 aliphatic heterocycles. The van der Waals surface area contributed by atoms with Crippen LogP contribution in [0, 0.1) is 0 Å². The molecule has 3 aliphatic rings. The number of fused-ring (bicyclic) bond motifs is 2. The summed E-state index contributed by atoms with van der Waals surface area (Å²) < 4.78 is 10.7. The third-order valence-electron chi connectivity index (χ3n) is 7.08. The first-order valence-corrected chi connectivity index (χ1v) is 11.2. The minimum Gasteiger partial charge on any atom is -0.497 e. The molecule has 2 aromatic rings. The smallest absolute Gasteiger partial charge is 0.252 e. The highest BCUT2D eigenvalue weighted by molar-refractivity contribution is 6.06. The fourth-order valence-electron chi connectivity index (χ4n) is 5.43. The van der Waals surface area contributed by atoms with E-state index in [-0.39, 0.29) is 18.4 Å². The molecule has 5 rings (SSSR count). The molecule has 0 aliphatic carbocycles. The van der Waals surface area contributed by atoms with Gasteiger partial charge in [0, 0.05) is 31.7 Å². The molecule has 0 radical (unpaired) electrons. The van der Waals surface area contributed by atoms with Crippen LogP contribution < -0.4 is 9.47 Å². The Kier molecular flexibility index (Phi) is 5.60. The molecule has 1 N–H and O–H groups in total. The monoisotopic (exact) mass is 451 g/mol. The van der Waals surface area contributed by atoms with Gasteiger partial charge in [-0.3, -0.25) is 24.3 Å². The second-order valence-corrected chi connectivity index (χ2v) is 9.12. The lowest BCUT2D eigenvalue weighted by Gasteiger charge is -2.58. The molecule has 2 amide bonds. The van der Waals surface area contributed by atoms with Gasteiger partial charge in [-0.1, -0.05) is 30.3 Å². The minimum absolute atomic E-state index is 0.176. The van der Waals surface area contributed by atoms with E-state index in [1.165, 1.54) is 4.90 Å². The van der Waals surface area contributed by atoms with Gasteiger partial charge in [-0.05, 0) is 30.2 Å². The Labute approximate surface area is 193 Å². The number of benzene rings is 2. The van der Waals surface area contributed by atoms with E-state index < -0.39 is 17.7 Å². The van der Waals surface area contributed by atoms with Gasteiger partial charge in [0.25, 0.3) is 5.91 Å². The largest absolute Gasteiger partial charge is 0.497 e. The number of nitrogens with zero attached hydrogens (tertiary/aromatic N) is 3. The van der Waals surface area contributed by atoms with Gasteiger partial charge in [0.05, 0.1) is 32.9 Å². The average Bonchev–Trinajstić information content (AvgIpc) is 3.20. The van der Waals surface area contributed by atoms with Crippen molar-refractivity contribution < 1.29 is 24.2 Å². The first-order valence-electron chi connectivity index (χ1n) is 11.2. The summed E-state index contributed by atoms with van der Waals surface area (Å²) in [5.41, 5.74) is 1.14. The van der Waals surface area contributed by atoms with Crippen molar-refractivity contribution in [1.82, 2.24) is 14.7 Å². The average molecular weight is 452 g/mol. The highest BCUT2D eigenvalue weighted by Crippen LogP contribution is 2.41. The van der Waals surface area contributed by atoms with Crippen molar-refractivity contribution in [1.29, 1.82) is 0 Å². The van der Waals surface area contributed by atoms with Gasteiger partial charge in [0.2, 0.25) is 5.91 Å². The number of methoxy groups -OCH3 is 2. The maximum atomic E-state index is 13.7. The van der Waals surface area contributed by atoms with Gasteiger partial charge in [-0.2, -0.15) is 0 Å². The lowest BCUT2D eigenvalue weighted by Crippen LogP contribution is -2.81. The number of carbonyl (C=O) groups excluding carboxylic acids is 2. The van der Waals surface area contributed by atoms with E-state index in [0.29, 0.717) is 32.6 Å². The molecule has 3 heterocycles. The number of hydrogen-bond donors (Lipinski definition) is 1. The van der Waals surface area contributed by atoms with E-state index in [9.17, 15) is 14.7 Å². The number of rotatable bonds is 6. The lowest BCUT2D eigenvalue weighted by atomic mass is 9.82. The number of carbonyl (C=O) groups is 2. The van der Waals surface area contributed by atoms with Crippen molar-refractivity contribution in [2.24, 2.45) is 0 Å². The zero-order valence-electron chi connectivity index (χ0n) is 18.9. The van der Waals surface area contributed by atoms with Crippen molar-refractivity contribution in [3.05, 3.63) is 59.7 Å². The van der Waals surface area contributed by atoms with Gasteiger partial charge in [0.1, 0.15) is 17.0 Å². The SMILES string of the molecule is COc1ccc(CN2C(=O)C3CC(O)CN3C3(CN(Cc4ccccc4OC)C3)C2=O)cc1. The fraction of sp³-hybridized carbons (Fsp3) is 0.440. The van der Waals surface area contributed by atoms with Gasteiger partial charge in [-0.15, -0.1) is 0 Å². The second kappa shape index (κ2) is 8.44. The molecule has 0 bridgehead atoms. The number of para-hydroxylation sites is 1. The van der Waals surface area contributed by atoms with E-state index in [4.69, 9.17) is 9.47 Å². The van der Waals surface area contributed by atoms with E-state index in [1.54, 1.807) is 14.2 Å². The molecule has 8 nitrogen and oxygen atoms in total. The van der Waals surface area contributed by atoms with Crippen molar-refractivity contribution in [2.75, 3.05) is 33.9 Å². The molecular weight excluding hydrogens is 422 g/mol. The summed E-state index contributed by atoms with van der Waals surface area (Å²) in [6.45, 7) is 2.25. The predicted octanol–water partition coefficient (Wildman–Crippen LogP) is 1.26. The summed E-state index contributed by atoms with van der Waals surface area (Å²) in [5, 5.41) is 10.4. The van der Waals surface area contributed by atoms with E-state index >= 15 is 0 Å². The van der Waals surface area contributed by atoms with Crippen LogP contribution in [0.3, 0.4) is 0 Å². The summed E-state index contributed by atoms with van der Waals surface area (Å²) in [6.07, 6.45) is -0.243. The number of likely N-dealkylation sites (tertiary alicyclic amines) is 1. The van der Waals surface area contributed by atoms with Crippen LogP contribution >= 0.6 is 0 Å². The molecule has 1 spiro atoms. The van der Waals surface area contributed by atoms with Crippen LogP contribution in [0.5, 0.6) is 11.5 Å². The van der Waals surface area contributed by atoms with Crippen molar-refractivity contribution in [2.45, 2.75) is 37.2 Å². The molecule has 3 saturated heterocycles. The number of imide groups is 1. The quantitative estimate of drug-likeness (QED) is 0.662. The summed E-state index contributed by atoms with van der Waals surface area (Å²) >= 11 is 0. The third-order valence-corrected chi connectivity index (χ3v) is 7.08. The number of piperazine rings is 1. The molecule has 174 valence electrons. The van der Waals surface area contributed by atoms with Crippen LogP contribution in [-0.2, 0) is 22.7 Å². The van der Waals surface area contributed by atoms with Crippen molar-refractivity contribution >= 4 is 11.8 Å². The number of amides is 2. The van der Waals surface area contributed by atoms with Crippen LogP contribution in [0.4, 0.5) is 0 Å². The van der Waals surface area contributed by atoms with Crippen molar-refractivity contribution in [3.63, 3.8) is 0 Å². The normalized spacial score (nSPS) is 24.6. The number of aliphatic hydroxyl groups is 1. The topological polar surface area (TPSA) is 82.6 Å². The number of ether oxygens (including phenoxy) is 2. The van der Waals surface area contributed by atoms with E-state index in [1.807, 2.05) is 53.4 Å². The Morgan fingerprint density at radius 3 is 2.42 bits per heavy atom. The van der Waals surface area contributed by atoms with Crippen LogP contribution in [0.25, 0.3) is 0 Å². The van der Waals surface area contributed by atoms with Crippen LogP contribution in [0.1, 0.15) is 17.5 Å².